The van der Waals surface area contributed by atoms with E-state index in [2.05, 4.69) is 13.0 Å². The van der Waals surface area contributed by atoms with Gasteiger partial charge in [0.15, 0.2) is 0 Å². The molecule has 0 aromatic rings. The minimum absolute atomic E-state index is 0.0388. The molecule has 8 atom stereocenters. The summed E-state index contributed by atoms with van der Waals surface area (Å²) in [6.07, 6.45) is 5.62. The van der Waals surface area contributed by atoms with Crippen molar-refractivity contribution in [2.75, 3.05) is 7.11 Å². The Bertz CT molecular complexity index is 612. The highest BCUT2D eigenvalue weighted by atomic mass is 16.5. The second-order valence-electron chi connectivity index (χ2n) is 9.28. The van der Waals surface area contributed by atoms with Crippen molar-refractivity contribution in [3.8, 4) is 6.07 Å². The first-order chi connectivity index (χ1) is 11.4. The maximum Gasteiger partial charge on any atom is 0.143 e. The molecule has 24 heavy (non-hydrogen) atoms. The minimum Gasteiger partial charge on any atom is -0.392 e. The van der Waals surface area contributed by atoms with Crippen LogP contribution in [0.25, 0.3) is 0 Å². The molecule has 1 spiro atoms. The Hall–Kier alpha value is -0.920. The van der Waals surface area contributed by atoms with E-state index in [1.54, 1.807) is 7.11 Å². The molecule has 4 heteroatoms. The van der Waals surface area contributed by atoms with Gasteiger partial charge in [-0.1, -0.05) is 13.8 Å². The second-order valence-corrected chi connectivity index (χ2v) is 9.28. The van der Waals surface area contributed by atoms with Gasteiger partial charge in [0, 0.05) is 30.3 Å². The number of Topliss-reactive ketones (excluding diaryl/α,β-unsaturated/α-hetero) is 1. The van der Waals surface area contributed by atoms with Crippen LogP contribution in [0.5, 0.6) is 0 Å². The lowest BCUT2D eigenvalue weighted by molar-refractivity contribution is -0.159. The van der Waals surface area contributed by atoms with Gasteiger partial charge < -0.3 is 9.84 Å². The van der Waals surface area contributed by atoms with Crippen LogP contribution >= 0.6 is 0 Å². The average molecular weight is 331 g/mol. The monoisotopic (exact) mass is 331 g/mol. The number of hydrogen-bond acceptors (Lipinski definition) is 4. The van der Waals surface area contributed by atoms with E-state index in [9.17, 15) is 15.2 Å². The van der Waals surface area contributed by atoms with E-state index in [0.29, 0.717) is 18.3 Å². The Morgan fingerprint density at radius 2 is 2.04 bits per heavy atom. The lowest BCUT2D eigenvalue weighted by atomic mass is 9.50. The first-order valence-electron chi connectivity index (χ1n) is 9.48. The molecule has 0 radical (unpaired) electrons. The number of nitrogens with zero attached hydrogens (tertiary/aromatic N) is 1. The molecule has 4 rings (SSSR count). The van der Waals surface area contributed by atoms with E-state index in [1.165, 1.54) is 0 Å². The Balaban J connectivity index is 1.85. The number of aliphatic hydroxyl groups is 1. The minimum atomic E-state index is -0.714. The number of hydrogen-bond donors (Lipinski definition) is 1. The number of ether oxygens (including phenoxy) is 1. The quantitative estimate of drug-likeness (QED) is 0.844. The summed E-state index contributed by atoms with van der Waals surface area (Å²) in [5, 5.41) is 20.5. The van der Waals surface area contributed by atoms with E-state index >= 15 is 0 Å². The van der Waals surface area contributed by atoms with Crippen LogP contribution in [0.4, 0.5) is 0 Å². The van der Waals surface area contributed by atoms with E-state index in [-0.39, 0.29) is 35.1 Å². The highest BCUT2D eigenvalue weighted by molar-refractivity contribution is 5.88. The highest BCUT2D eigenvalue weighted by Gasteiger charge is 2.75. The molecule has 0 aromatic carbocycles. The summed E-state index contributed by atoms with van der Waals surface area (Å²) in [7, 11) is 1.78. The Morgan fingerprint density at radius 1 is 1.33 bits per heavy atom. The molecule has 2 unspecified atom stereocenters. The molecule has 4 saturated carbocycles. The van der Waals surface area contributed by atoms with Crippen molar-refractivity contribution in [3.63, 3.8) is 0 Å². The number of carbonyl (C=O) groups is 1. The predicted octanol–water partition coefficient (Wildman–Crippen LogP) is 3.09. The van der Waals surface area contributed by atoms with E-state index in [4.69, 9.17) is 4.74 Å². The van der Waals surface area contributed by atoms with Gasteiger partial charge >= 0.3 is 0 Å². The summed E-state index contributed by atoms with van der Waals surface area (Å²) in [6, 6.07) is 2.21. The van der Waals surface area contributed by atoms with E-state index in [1.807, 2.05) is 6.92 Å². The number of nitriles is 1. The third-order valence-corrected chi connectivity index (χ3v) is 8.51. The summed E-state index contributed by atoms with van der Waals surface area (Å²) >= 11 is 0. The molecule has 4 aliphatic carbocycles. The summed E-state index contributed by atoms with van der Waals surface area (Å²) < 4.78 is 5.86. The first kappa shape index (κ1) is 16.5. The predicted molar refractivity (Wildman–Crippen MR) is 88.9 cm³/mol. The van der Waals surface area contributed by atoms with Gasteiger partial charge in [0.25, 0.3) is 0 Å². The van der Waals surface area contributed by atoms with Gasteiger partial charge in [0.05, 0.1) is 18.3 Å². The van der Waals surface area contributed by atoms with Crippen molar-refractivity contribution in [1.82, 2.24) is 0 Å². The third-order valence-electron chi connectivity index (χ3n) is 8.51. The molecule has 0 saturated heterocycles. The van der Waals surface area contributed by atoms with Crippen LogP contribution in [0.2, 0.25) is 0 Å². The second kappa shape index (κ2) is 5.05. The van der Waals surface area contributed by atoms with Crippen LogP contribution in [0, 0.1) is 45.3 Å². The summed E-state index contributed by atoms with van der Waals surface area (Å²) in [5.74, 6) is 1.02. The molecule has 0 amide bonds. The van der Waals surface area contributed by atoms with Gasteiger partial charge in [-0.05, 0) is 55.8 Å². The smallest absolute Gasteiger partial charge is 0.143 e. The standard InChI is InChI=1S/C20H29NO3/c1-12-17(23)18(2,8-9-21)11-15(22)20-10-13(20)4-6-19(12)7-5-14(24-3)16(19)20/h12-16,22H,4-8,10-11H2,1-3H3/t12-,13-,14+,15+,16?,18+,19?,20-/m0/s1. The van der Waals surface area contributed by atoms with Crippen molar-refractivity contribution in [2.45, 2.75) is 71.0 Å². The molecule has 0 heterocycles. The van der Waals surface area contributed by atoms with Gasteiger partial charge in [0.1, 0.15) is 5.78 Å². The van der Waals surface area contributed by atoms with Crippen molar-refractivity contribution < 1.29 is 14.6 Å². The van der Waals surface area contributed by atoms with Crippen molar-refractivity contribution in [3.05, 3.63) is 0 Å². The molecule has 2 bridgehead atoms. The van der Waals surface area contributed by atoms with Crippen LogP contribution in [0.3, 0.4) is 0 Å². The van der Waals surface area contributed by atoms with Gasteiger partial charge in [-0.3, -0.25) is 4.79 Å². The molecule has 4 fully saturated rings. The molecule has 132 valence electrons. The Kier molecular flexibility index (Phi) is 3.48. The van der Waals surface area contributed by atoms with Gasteiger partial charge in [0.2, 0.25) is 0 Å². The molecular formula is C20H29NO3. The topological polar surface area (TPSA) is 70.3 Å². The van der Waals surface area contributed by atoms with Crippen molar-refractivity contribution >= 4 is 5.78 Å². The normalized spacial score (nSPS) is 55.8. The van der Waals surface area contributed by atoms with Crippen LogP contribution in [0.15, 0.2) is 0 Å². The number of carbonyl (C=O) groups excluding carboxylic acids is 1. The molecule has 0 aromatic heterocycles. The Morgan fingerprint density at radius 3 is 2.71 bits per heavy atom. The van der Waals surface area contributed by atoms with Gasteiger partial charge in [-0.2, -0.15) is 5.26 Å². The fourth-order valence-electron chi connectivity index (χ4n) is 7.23. The van der Waals surface area contributed by atoms with Crippen LogP contribution in [-0.4, -0.2) is 30.2 Å². The third kappa shape index (κ3) is 1.78. The lowest BCUT2D eigenvalue weighted by Gasteiger charge is -2.54. The average Bonchev–Trinajstić information content (AvgIpc) is 3.19. The molecule has 1 N–H and O–H groups in total. The zero-order valence-electron chi connectivity index (χ0n) is 15.0. The van der Waals surface area contributed by atoms with Gasteiger partial charge in [-0.25, -0.2) is 0 Å². The van der Waals surface area contributed by atoms with E-state index in [0.717, 1.165) is 32.1 Å². The molecule has 0 aliphatic heterocycles. The SMILES string of the molecule is CO[C@@H]1CCC23CC[C@H]4C[C@@]4(C12)[C@H](O)C[C@@](C)(CC#N)C(=O)[C@@H]3C. The largest absolute Gasteiger partial charge is 0.392 e. The van der Waals surface area contributed by atoms with Crippen LogP contribution in [0.1, 0.15) is 58.8 Å². The molecular weight excluding hydrogens is 302 g/mol. The first-order valence-corrected chi connectivity index (χ1v) is 9.48. The fourth-order valence-corrected chi connectivity index (χ4v) is 7.23. The van der Waals surface area contributed by atoms with Crippen molar-refractivity contribution in [2.24, 2.45) is 34.0 Å². The number of ketones is 1. The number of methoxy groups -OCH3 is 1. The zero-order chi connectivity index (χ0) is 17.3. The maximum absolute atomic E-state index is 13.4. The molecule has 4 aliphatic rings. The Labute approximate surface area is 144 Å². The maximum atomic E-state index is 13.4. The summed E-state index contributed by atoms with van der Waals surface area (Å²) in [4.78, 5) is 13.4. The van der Waals surface area contributed by atoms with Crippen LogP contribution < -0.4 is 0 Å². The lowest BCUT2D eigenvalue weighted by Crippen LogP contribution is -2.56. The van der Waals surface area contributed by atoms with Gasteiger partial charge in [-0.15, -0.1) is 0 Å². The fraction of sp³-hybridized carbons (Fsp3) is 0.900. The summed E-state index contributed by atoms with van der Waals surface area (Å²) in [6.45, 7) is 4.00. The molecule has 4 nitrogen and oxygen atoms in total. The number of aliphatic hydroxyl groups excluding tert-OH is 1. The van der Waals surface area contributed by atoms with Crippen molar-refractivity contribution in [1.29, 1.82) is 5.26 Å². The number of rotatable bonds is 2. The highest BCUT2D eigenvalue weighted by Crippen LogP contribution is 2.77. The zero-order valence-corrected chi connectivity index (χ0v) is 15.0. The van der Waals surface area contributed by atoms with E-state index < -0.39 is 11.5 Å². The van der Waals surface area contributed by atoms with Crippen LogP contribution in [-0.2, 0) is 9.53 Å². The summed E-state index contributed by atoms with van der Waals surface area (Å²) in [5.41, 5.74) is -0.821.